The molecular weight excluding hydrogens is 304 g/mol. The zero-order valence-electron chi connectivity index (χ0n) is 10.7. The van der Waals surface area contributed by atoms with E-state index in [1.54, 1.807) is 35.4 Å². The van der Waals surface area contributed by atoms with Crippen LogP contribution in [0.15, 0.2) is 24.3 Å². The molecule has 0 saturated carbocycles. The van der Waals surface area contributed by atoms with E-state index < -0.39 is 0 Å². The predicted molar refractivity (Wildman–Crippen MR) is 89.5 cm³/mol. The Morgan fingerprint density at radius 3 is 1.39 bits per heavy atom. The molecule has 0 spiro atoms. The molecule has 0 amide bonds. The molecule has 0 aromatic heterocycles. The van der Waals surface area contributed by atoms with Crippen LogP contribution in [-0.2, 0) is 9.59 Å². The van der Waals surface area contributed by atoms with Gasteiger partial charge in [-0.3, -0.25) is 9.59 Å². The molecule has 0 bridgehead atoms. The van der Waals surface area contributed by atoms with Crippen molar-refractivity contribution in [1.29, 1.82) is 0 Å². The summed E-state index contributed by atoms with van der Waals surface area (Å²) in [6, 6.07) is 0. The molecule has 0 aliphatic carbocycles. The Morgan fingerprint density at radius 2 is 1.11 bits per heavy atom. The van der Waals surface area contributed by atoms with Crippen LogP contribution in [0.3, 0.4) is 0 Å². The van der Waals surface area contributed by atoms with Crippen molar-refractivity contribution < 1.29 is 9.59 Å². The van der Waals surface area contributed by atoms with Crippen molar-refractivity contribution >= 4 is 55.3 Å². The van der Waals surface area contributed by atoms with E-state index in [0.717, 1.165) is 23.0 Å². The third-order valence-electron chi connectivity index (χ3n) is 1.58. The van der Waals surface area contributed by atoms with Crippen LogP contribution in [0.4, 0.5) is 0 Å². The van der Waals surface area contributed by atoms with Crippen molar-refractivity contribution in [2.24, 2.45) is 0 Å². The first-order valence-electron chi connectivity index (χ1n) is 5.34. The lowest BCUT2D eigenvalue weighted by atomic mass is 10.4. The molecule has 18 heavy (non-hydrogen) atoms. The quantitative estimate of drug-likeness (QED) is 0.362. The van der Waals surface area contributed by atoms with E-state index in [-0.39, 0.29) is 10.2 Å². The molecule has 0 aromatic carbocycles. The van der Waals surface area contributed by atoms with Gasteiger partial charge in [-0.1, -0.05) is 58.3 Å². The lowest BCUT2D eigenvalue weighted by Crippen LogP contribution is -1.96. The van der Waals surface area contributed by atoms with Gasteiger partial charge in [0, 0.05) is 23.0 Å². The van der Waals surface area contributed by atoms with Gasteiger partial charge in [0.1, 0.15) is 0 Å². The molecule has 0 N–H and O–H groups in total. The molecule has 0 aliphatic heterocycles. The standard InChI is InChI=1S/C12H18O2S4/c1-9(2)11(13)15-5-7-17-18-8-6-16-12(14)10(3)4/h1,3,5-8H2,2,4H3. The van der Waals surface area contributed by atoms with E-state index in [4.69, 9.17) is 0 Å². The molecule has 0 aromatic rings. The second-order valence-corrected chi connectivity index (χ2v) is 8.31. The maximum Gasteiger partial charge on any atom is 0.214 e. The fourth-order valence-electron chi connectivity index (χ4n) is 0.701. The predicted octanol–water partition coefficient (Wildman–Crippen LogP) is 4.04. The van der Waals surface area contributed by atoms with E-state index in [2.05, 4.69) is 13.2 Å². The first-order chi connectivity index (χ1) is 8.45. The molecule has 0 unspecified atom stereocenters. The van der Waals surface area contributed by atoms with Gasteiger partial charge in [-0.2, -0.15) is 0 Å². The van der Waals surface area contributed by atoms with Crippen molar-refractivity contribution in [2.75, 3.05) is 23.0 Å². The monoisotopic (exact) mass is 322 g/mol. The summed E-state index contributed by atoms with van der Waals surface area (Å²) in [4.78, 5) is 22.4. The van der Waals surface area contributed by atoms with E-state index in [9.17, 15) is 9.59 Å². The highest BCUT2D eigenvalue weighted by molar-refractivity contribution is 8.76. The Bertz CT molecular complexity index is 294. The summed E-state index contributed by atoms with van der Waals surface area (Å²) in [5.41, 5.74) is 1.21. The van der Waals surface area contributed by atoms with Gasteiger partial charge >= 0.3 is 0 Å². The van der Waals surface area contributed by atoms with Gasteiger partial charge in [-0.15, -0.1) is 0 Å². The zero-order valence-corrected chi connectivity index (χ0v) is 14.0. The molecule has 0 heterocycles. The van der Waals surface area contributed by atoms with Gasteiger partial charge in [0.25, 0.3) is 0 Å². The summed E-state index contributed by atoms with van der Waals surface area (Å²) in [6.45, 7) is 10.7. The molecule has 0 atom stereocenters. The van der Waals surface area contributed by atoms with Gasteiger partial charge in [0.05, 0.1) is 0 Å². The Kier molecular flexibility index (Phi) is 11.2. The molecule has 0 fully saturated rings. The Labute approximate surface area is 126 Å². The van der Waals surface area contributed by atoms with Gasteiger partial charge in [-0.25, -0.2) is 0 Å². The largest absolute Gasteiger partial charge is 0.282 e. The Morgan fingerprint density at radius 1 is 0.778 bits per heavy atom. The van der Waals surface area contributed by atoms with Crippen molar-refractivity contribution in [2.45, 2.75) is 13.8 Å². The second kappa shape index (κ2) is 11.1. The number of hydrogen-bond donors (Lipinski definition) is 0. The van der Waals surface area contributed by atoms with Gasteiger partial charge < -0.3 is 0 Å². The number of carbonyl (C=O) groups is 2. The van der Waals surface area contributed by atoms with E-state index in [1.807, 2.05) is 0 Å². The molecule has 0 saturated heterocycles. The van der Waals surface area contributed by atoms with Crippen LogP contribution in [0.5, 0.6) is 0 Å². The minimum absolute atomic E-state index is 0.0724. The average Bonchev–Trinajstić information content (AvgIpc) is 2.31. The maximum atomic E-state index is 11.2. The number of thioether (sulfide) groups is 2. The number of hydrogen-bond acceptors (Lipinski definition) is 6. The maximum absolute atomic E-state index is 11.2. The van der Waals surface area contributed by atoms with Crippen LogP contribution in [0.2, 0.25) is 0 Å². The van der Waals surface area contributed by atoms with Gasteiger partial charge in [0.15, 0.2) is 0 Å². The third-order valence-corrected chi connectivity index (χ3v) is 6.54. The van der Waals surface area contributed by atoms with Crippen molar-refractivity contribution in [3.8, 4) is 0 Å². The van der Waals surface area contributed by atoms with E-state index >= 15 is 0 Å². The van der Waals surface area contributed by atoms with Gasteiger partial charge in [0.2, 0.25) is 10.2 Å². The summed E-state index contributed by atoms with van der Waals surface area (Å²) in [5, 5.41) is 0.145. The van der Waals surface area contributed by atoms with Crippen LogP contribution in [-0.4, -0.2) is 33.2 Å². The summed E-state index contributed by atoms with van der Waals surface area (Å²) in [6.07, 6.45) is 0. The molecule has 6 heteroatoms. The molecule has 102 valence electrons. The minimum atomic E-state index is 0.0724. The summed E-state index contributed by atoms with van der Waals surface area (Å²) < 4.78 is 0. The fraction of sp³-hybridized carbons (Fsp3) is 0.500. The summed E-state index contributed by atoms with van der Waals surface area (Å²) >= 11 is 2.63. The Balaban J connectivity index is 3.32. The molecule has 2 nitrogen and oxygen atoms in total. The molecule has 0 radical (unpaired) electrons. The van der Waals surface area contributed by atoms with E-state index in [0.29, 0.717) is 11.1 Å². The van der Waals surface area contributed by atoms with Crippen molar-refractivity contribution in [3.63, 3.8) is 0 Å². The number of rotatable bonds is 9. The van der Waals surface area contributed by atoms with E-state index in [1.165, 1.54) is 23.5 Å². The molecule has 0 aliphatic rings. The Hall–Kier alpha value is 0.220. The highest BCUT2D eigenvalue weighted by atomic mass is 33.1. The van der Waals surface area contributed by atoms with Crippen molar-refractivity contribution in [1.82, 2.24) is 0 Å². The van der Waals surface area contributed by atoms with Crippen LogP contribution in [0.25, 0.3) is 0 Å². The van der Waals surface area contributed by atoms with Crippen molar-refractivity contribution in [3.05, 3.63) is 24.3 Å². The van der Waals surface area contributed by atoms with Crippen LogP contribution in [0, 0.1) is 0 Å². The summed E-state index contributed by atoms with van der Waals surface area (Å²) in [7, 11) is 3.47. The van der Waals surface area contributed by atoms with Crippen LogP contribution in [0.1, 0.15) is 13.8 Å². The second-order valence-electron chi connectivity index (χ2n) is 3.48. The lowest BCUT2D eigenvalue weighted by Gasteiger charge is -2.01. The third kappa shape index (κ3) is 10.2. The van der Waals surface area contributed by atoms with Crippen LogP contribution < -0.4 is 0 Å². The molecule has 0 rings (SSSR count). The first-order valence-corrected chi connectivity index (χ1v) is 9.80. The lowest BCUT2D eigenvalue weighted by molar-refractivity contribution is -0.108. The smallest absolute Gasteiger partial charge is 0.214 e. The first kappa shape index (κ1) is 18.2. The SMILES string of the molecule is C=C(C)C(=O)SCCSSCCSC(=O)C(=C)C. The topological polar surface area (TPSA) is 34.1 Å². The minimum Gasteiger partial charge on any atom is -0.282 e. The van der Waals surface area contributed by atoms with Gasteiger partial charge in [-0.05, 0) is 25.0 Å². The normalized spacial score (nSPS) is 10.1. The highest BCUT2D eigenvalue weighted by Gasteiger charge is 2.04. The fourth-order valence-corrected chi connectivity index (χ4v) is 4.94. The van der Waals surface area contributed by atoms with Crippen LogP contribution >= 0.6 is 45.1 Å². The summed E-state index contributed by atoms with van der Waals surface area (Å²) in [5.74, 6) is 3.46. The number of carbonyl (C=O) groups excluding carboxylic acids is 2. The zero-order chi connectivity index (χ0) is 14.0. The average molecular weight is 323 g/mol. The molecular formula is C12H18O2S4. The highest BCUT2D eigenvalue weighted by Crippen LogP contribution is 2.24.